The van der Waals surface area contributed by atoms with Crippen molar-refractivity contribution in [2.24, 2.45) is 7.05 Å². The molecule has 0 radical (unpaired) electrons. The zero-order chi connectivity index (χ0) is 21.2. The molecule has 0 amide bonds. The van der Waals surface area contributed by atoms with Crippen LogP contribution in [0.2, 0.25) is 0 Å². The van der Waals surface area contributed by atoms with E-state index in [1.54, 1.807) is 0 Å². The Bertz CT molecular complexity index is 1360. The minimum absolute atomic E-state index is 0.754. The maximum Gasteiger partial charge on any atom is 0.160 e. The summed E-state index contributed by atoms with van der Waals surface area (Å²) in [5.41, 5.74) is 5.35. The van der Waals surface area contributed by atoms with E-state index in [4.69, 9.17) is 0 Å². The number of aryl methyl sites for hydroxylation is 1. The van der Waals surface area contributed by atoms with Crippen LogP contribution in [0.5, 0.6) is 0 Å². The van der Waals surface area contributed by atoms with E-state index in [9.17, 15) is 0 Å². The third kappa shape index (κ3) is 3.78. The van der Waals surface area contributed by atoms with Gasteiger partial charge in [-0.15, -0.1) is 5.10 Å². The highest BCUT2D eigenvalue weighted by molar-refractivity contribution is 5.94. The molecule has 0 aliphatic heterocycles. The molecule has 0 saturated carbocycles. The fourth-order valence-electron chi connectivity index (χ4n) is 3.83. The largest absolute Gasteiger partial charge is 0.338 e. The second kappa shape index (κ2) is 8.03. The number of benzene rings is 3. The molecule has 2 aromatic heterocycles. The number of hydrogen-bond donors (Lipinski definition) is 1. The lowest BCUT2D eigenvalue weighted by Crippen LogP contribution is -2.02. The lowest BCUT2D eigenvalue weighted by molar-refractivity contribution is 0.865. The second-order valence-electron chi connectivity index (χ2n) is 7.66. The van der Waals surface area contributed by atoms with Crippen LogP contribution in [-0.2, 0) is 13.5 Å². The van der Waals surface area contributed by atoms with Crippen molar-refractivity contribution in [3.63, 3.8) is 0 Å². The minimum Gasteiger partial charge on any atom is -0.338 e. The molecule has 3 aromatic carbocycles. The standard InChI is InChI=1S/C26H23N5/c1-18-27-17-25(31(18)2)20-11-8-12-21(16-20)28-26-23-14-7-6-13-22(23)24(29-30-26)15-19-9-4-3-5-10-19/h3-14,16-17H,15H2,1-2H3,(H,28,30). The van der Waals surface area contributed by atoms with Gasteiger partial charge in [0.05, 0.1) is 17.6 Å². The van der Waals surface area contributed by atoms with Gasteiger partial charge in [-0.05, 0) is 24.6 Å². The van der Waals surface area contributed by atoms with Gasteiger partial charge in [0.2, 0.25) is 0 Å². The predicted octanol–water partition coefficient (Wildman–Crippen LogP) is 5.67. The molecule has 2 heterocycles. The number of fused-ring (bicyclic) bond motifs is 1. The van der Waals surface area contributed by atoms with E-state index in [0.29, 0.717) is 0 Å². The smallest absolute Gasteiger partial charge is 0.160 e. The summed E-state index contributed by atoms with van der Waals surface area (Å²) in [4.78, 5) is 4.41. The lowest BCUT2D eigenvalue weighted by Gasteiger charge is -2.12. The summed E-state index contributed by atoms with van der Waals surface area (Å²) in [6.45, 7) is 2.00. The first-order chi connectivity index (χ1) is 15.2. The number of rotatable bonds is 5. The van der Waals surface area contributed by atoms with Gasteiger partial charge < -0.3 is 9.88 Å². The fourth-order valence-corrected chi connectivity index (χ4v) is 3.83. The highest BCUT2D eigenvalue weighted by Crippen LogP contribution is 2.29. The molecule has 0 fully saturated rings. The molecule has 0 atom stereocenters. The summed E-state index contributed by atoms with van der Waals surface area (Å²) in [6, 6.07) is 27.0. The molecule has 0 spiro atoms. The van der Waals surface area contributed by atoms with Crippen LogP contribution in [0.4, 0.5) is 11.5 Å². The Morgan fingerprint density at radius 2 is 1.61 bits per heavy atom. The summed E-state index contributed by atoms with van der Waals surface area (Å²) in [5.74, 6) is 1.74. The van der Waals surface area contributed by atoms with E-state index < -0.39 is 0 Å². The van der Waals surface area contributed by atoms with Crippen LogP contribution >= 0.6 is 0 Å². The minimum atomic E-state index is 0.754. The van der Waals surface area contributed by atoms with Crippen LogP contribution in [-0.4, -0.2) is 19.7 Å². The van der Waals surface area contributed by atoms with Crippen LogP contribution < -0.4 is 5.32 Å². The quantitative estimate of drug-likeness (QED) is 0.409. The summed E-state index contributed by atoms with van der Waals surface area (Å²) in [7, 11) is 2.03. The predicted molar refractivity (Wildman–Crippen MR) is 125 cm³/mol. The van der Waals surface area contributed by atoms with Gasteiger partial charge >= 0.3 is 0 Å². The zero-order valence-corrected chi connectivity index (χ0v) is 17.6. The number of nitrogens with one attached hydrogen (secondary N) is 1. The Labute approximate surface area is 181 Å². The maximum absolute atomic E-state index is 4.57. The van der Waals surface area contributed by atoms with Crippen molar-refractivity contribution in [3.05, 3.63) is 102 Å². The van der Waals surface area contributed by atoms with Gasteiger partial charge in [0, 0.05) is 35.5 Å². The van der Waals surface area contributed by atoms with Crippen LogP contribution in [0, 0.1) is 6.92 Å². The average molecular weight is 406 g/mol. The van der Waals surface area contributed by atoms with Crippen molar-refractivity contribution in [1.29, 1.82) is 0 Å². The number of nitrogens with zero attached hydrogens (tertiary/aromatic N) is 4. The Morgan fingerprint density at radius 3 is 2.39 bits per heavy atom. The van der Waals surface area contributed by atoms with Gasteiger partial charge in [-0.2, -0.15) is 5.10 Å². The first-order valence-electron chi connectivity index (χ1n) is 10.3. The molecule has 1 N–H and O–H groups in total. The molecule has 0 aliphatic carbocycles. The Morgan fingerprint density at radius 1 is 0.839 bits per heavy atom. The second-order valence-corrected chi connectivity index (χ2v) is 7.66. The Hall–Kier alpha value is -3.99. The Kier molecular flexibility index (Phi) is 4.92. The van der Waals surface area contributed by atoms with Crippen LogP contribution in [0.1, 0.15) is 17.1 Å². The van der Waals surface area contributed by atoms with Crippen molar-refractivity contribution in [2.45, 2.75) is 13.3 Å². The van der Waals surface area contributed by atoms with Crippen LogP contribution in [0.25, 0.3) is 22.0 Å². The van der Waals surface area contributed by atoms with E-state index in [2.05, 4.69) is 73.6 Å². The molecule has 152 valence electrons. The molecule has 0 bridgehead atoms. The van der Waals surface area contributed by atoms with E-state index in [0.717, 1.165) is 51.5 Å². The third-order valence-corrected chi connectivity index (χ3v) is 5.62. The molecule has 0 saturated heterocycles. The molecule has 5 aromatic rings. The summed E-state index contributed by atoms with van der Waals surface area (Å²) in [6.07, 6.45) is 2.66. The monoisotopic (exact) mass is 405 g/mol. The first-order valence-corrected chi connectivity index (χ1v) is 10.3. The molecular weight excluding hydrogens is 382 g/mol. The third-order valence-electron chi connectivity index (χ3n) is 5.62. The van der Waals surface area contributed by atoms with E-state index >= 15 is 0 Å². The van der Waals surface area contributed by atoms with Crippen molar-refractivity contribution in [2.75, 3.05) is 5.32 Å². The fraction of sp³-hybridized carbons (Fsp3) is 0.115. The van der Waals surface area contributed by atoms with Gasteiger partial charge in [-0.25, -0.2) is 4.98 Å². The van der Waals surface area contributed by atoms with Gasteiger partial charge in [0.25, 0.3) is 0 Å². The molecule has 5 heteroatoms. The van der Waals surface area contributed by atoms with Gasteiger partial charge in [-0.3, -0.25) is 0 Å². The molecule has 31 heavy (non-hydrogen) atoms. The zero-order valence-electron chi connectivity index (χ0n) is 17.6. The van der Waals surface area contributed by atoms with Crippen LogP contribution in [0.15, 0.2) is 85.1 Å². The molecule has 5 nitrogen and oxygen atoms in total. The SMILES string of the molecule is Cc1ncc(-c2cccc(Nc3nnc(Cc4ccccc4)c4ccccc34)c2)n1C. The number of aromatic nitrogens is 4. The molecule has 5 rings (SSSR count). The van der Waals surface area contributed by atoms with Crippen molar-refractivity contribution < 1.29 is 0 Å². The van der Waals surface area contributed by atoms with Crippen molar-refractivity contribution in [3.8, 4) is 11.3 Å². The topological polar surface area (TPSA) is 55.6 Å². The highest BCUT2D eigenvalue weighted by atomic mass is 15.2. The lowest BCUT2D eigenvalue weighted by atomic mass is 10.0. The first kappa shape index (κ1) is 19.0. The van der Waals surface area contributed by atoms with Crippen LogP contribution in [0.3, 0.4) is 0 Å². The van der Waals surface area contributed by atoms with Gasteiger partial charge in [-0.1, -0.05) is 66.7 Å². The van der Waals surface area contributed by atoms with E-state index in [1.807, 2.05) is 50.5 Å². The van der Waals surface area contributed by atoms with Gasteiger partial charge in [0.15, 0.2) is 5.82 Å². The summed E-state index contributed by atoms with van der Waals surface area (Å²) < 4.78 is 2.09. The normalized spacial score (nSPS) is 11.0. The van der Waals surface area contributed by atoms with Gasteiger partial charge in [0.1, 0.15) is 5.82 Å². The molecule has 0 unspecified atom stereocenters. The van der Waals surface area contributed by atoms with Crippen molar-refractivity contribution >= 4 is 22.3 Å². The Balaban J connectivity index is 1.50. The average Bonchev–Trinajstić information content (AvgIpc) is 3.15. The molecule has 0 aliphatic rings. The summed E-state index contributed by atoms with van der Waals surface area (Å²) >= 11 is 0. The number of hydrogen-bond acceptors (Lipinski definition) is 4. The number of imidazole rings is 1. The molecular formula is C26H23N5. The van der Waals surface area contributed by atoms with Crippen molar-refractivity contribution in [1.82, 2.24) is 19.7 Å². The van der Waals surface area contributed by atoms with E-state index in [1.165, 1.54) is 5.56 Å². The number of anilines is 2. The highest BCUT2D eigenvalue weighted by Gasteiger charge is 2.11. The summed E-state index contributed by atoms with van der Waals surface area (Å²) in [5, 5.41) is 14.8. The van der Waals surface area contributed by atoms with E-state index in [-0.39, 0.29) is 0 Å². The maximum atomic E-state index is 4.57.